The molecule has 3 rings (SSSR count). The van der Waals surface area contributed by atoms with E-state index in [9.17, 15) is 14.7 Å². The highest BCUT2D eigenvalue weighted by Crippen LogP contribution is 2.35. The second-order valence-electron chi connectivity index (χ2n) is 6.74. The lowest BCUT2D eigenvalue weighted by Crippen LogP contribution is -2.33. The summed E-state index contributed by atoms with van der Waals surface area (Å²) >= 11 is 0. The molecular formula is C17H25N5O4. The van der Waals surface area contributed by atoms with Crippen molar-refractivity contribution in [2.75, 3.05) is 6.61 Å². The van der Waals surface area contributed by atoms with Gasteiger partial charge in [-0.3, -0.25) is 14.3 Å². The molecule has 1 unspecified atom stereocenters. The first-order chi connectivity index (χ1) is 12.5. The highest BCUT2D eigenvalue weighted by molar-refractivity contribution is 5.02. The highest BCUT2D eigenvalue weighted by atomic mass is 16.5. The molecule has 9 nitrogen and oxygen atoms in total. The lowest BCUT2D eigenvalue weighted by atomic mass is 10.1. The van der Waals surface area contributed by atoms with Crippen LogP contribution in [0.15, 0.2) is 22.0 Å². The first-order valence-corrected chi connectivity index (χ1v) is 9.02. The van der Waals surface area contributed by atoms with Crippen LogP contribution in [0.4, 0.5) is 0 Å². The molecule has 0 spiro atoms. The van der Waals surface area contributed by atoms with E-state index in [1.165, 1.54) is 10.8 Å². The number of nitrogens with one attached hydrogen (secondary N) is 1. The Kier molecular flexibility index (Phi) is 5.67. The van der Waals surface area contributed by atoms with E-state index in [1.807, 2.05) is 6.20 Å². The first-order valence-electron chi connectivity index (χ1n) is 9.02. The zero-order valence-electron chi connectivity index (χ0n) is 15.1. The van der Waals surface area contributed by atoms with Crippen LogP contribution < -0.4 is 11.2 Å². The van der Waals surface area contributed by atoms with Crippen LogP contribution in [0.1, 0.15) is 56.1 Å². The molecule has 0 amide bonds. The fourth-order valence-electron chi connectivity index (χ4n) is 3.27. The van der Waals surface area contributed by atoms with Gasteiger partial charge in [-0.25, -0.2) is 9.48 Å². The predicted molar refractivity (Wildman–Crippen MR) is 94.0 cm³/mol. The number of aromatic amines is 1. The molecule has 2 N–H and O–H groups in total. The van der Waals surface area contributed by atoms with E-state index in [-0.39, 0.29) is 12.6 Å². The third kappa shape index (κ3) is 3.78. The maximum atomic E-state index is 12.1. The van der Waals surface area contributed by atoms with Crippen molar-refractivity contribution in [3.05, 3.63) is 44.5 Å². The molecule has 0 radical (unpaired) electrons. The summed E-state index contributed by atoms with van der Waals surface area (Å²) in [5.74, 6) is 0. The monoisotopic (exact) mass is 363 g/mol. The molecule has 0 bridgehead atoms. The number of hydrogen-bond donors (Lipinski definition) is 2. The number of hydrogen-bond acceptors (Lipinski definition) is 6. The van der Waals surface area contributed by atoms with Gasteiger partial charge in [0.2, 0.25) is 0 Å². The molecule has 1 fully saturated rings. The molecule has 9 heteroatoms. The van der Waals surface area contributed by atoms with E-state index in [2.05, 4.69) is 22.2 Å². The van der Waals surface area contributed by atoms with Crippen LogP contribution in [0.3, 0.4) is 0 Å². The van der Waals surface area contributed by atoms with Gasteiger partial charge in [-0.2, -0.15) is 0 Å². The Bertz CT molecular complexity index is 855. The van der Waals surface area contributed by atoms with E-state index in [0.717, 1.165) is 31.4 Å². The number of aliphatic hydroxyl groups excluding tert-OH is 1. The van der Waals surface area contributed by atoms with Crippen LogP contribution in [-0.4, -0.2) is 42.4 Å². The summed E-state index contributed by atoms with van der Waals surface area (Å²) in [7, 11) is 0. The van der Waals surface area contributed by atoms with Gasteiger partial charge in [0.05, 0.1) is 18.3 Å². The van der Waals surface area contributed by atoms with Gasteiger partial charge in [0.25, 0.3) is 5.56 Å². The molecule has 3 atom stereocenters. The van der Waals surface area contributed by atoms with Gasteiger partial charge in [-0.15, -0.1) is 5.10 Å². The maximum Gasteiger partial charge on any atom is 0.330 e. The van der Waals surface area contributed by atoms with Crippen molar-refractivity contribution < 1.29 is 9.84 Å². The fraction of sp³-hybridized carbons (Fsp3) is 0.647. The van der Waals surface area contributed by atoms with Crippen LogP contribution in [0.2, 0.25) is 0 Å². The quantitative estimate of drug-likeness (QED) is 0.700. The standard InChI is InChI=1S/C17H25N5O4/c1-3-4-5-6-12-9-22(20-19-12)13-7-15(26-14(13)10-23)21-8-11(2)16(24)18-17(21)25/h8-9,13-15,23H,3-7,10H2,1-2H3,(H,18,24,25)/t13?,14-,15-/m1/s1. The molecule has 142 valence electrons. The molecule has 3 heterocycles. The van der Waals surface area contributed by atoms with E-state index in [1.54, 1.807) is 11.6 Å². The summed E-state index contributed by atoms with van der Waals surface area (Å²) in [5.41, 5.74) is 0.404. The molecule has 26 heavy (non-hydrogen) atoms. The van der Waals surface area contributed by atoms with Gasteiger partial charge in [0.1, 0.15) is 12.3 Å². The summed E-state index contributed by atoms with van der Waals surface area (Å²) in [6.07, 6.45) is 6.98. The molecule has 0 aliphatic carbocycles. The Hall–Kier alpha value is -2.26. The first kappa shape index (κ1) is 18.5. The number of rotatable bonds is 7. The lowest BCUT2D eigenvalue weighted by Gasteiger charge is -2.15. The van der Waals surface area contributed by atoms with Crippen molar-refractivity contribution in [1.29, 1.82) is 0 Å². The maximum absolute atomic E-state index is 12.1. The molecule has 0 saturated carbocycles. The van der Waals surface area contributed by atoms with Crippen LogP contribution in [0.5, 0.6) is 0 Å². The lowest BCUT2D eigenvalue weighted by molar-refractivity contribution is -0.0323. The average molecular weight is 363 g/mol. The number of aromatic nitrogens is 5. The van der Waals surface area contributed by atoms with E-state index in [0.29, 0.717) is 12.0 Å². The number of H-pyrrole nitrogens is 1. The van der Waals surface area contributed by atoms with Crippen molar-refractivity contribution in [2.24, 2.45) is 0 Å². The number of ether oxygens (including phenoxy) is 1. The van der Waals surface area contributed by atoms with E-state index < -0.39 is 23.6 Å². The van der Waals surface area contributed by atoms with Crippen molar-refractivity contribution in [2.45, 2.75) is 64.3 Å². The summed E-state index contributed by atoms with van der Waals surface area (Å²) in [6.45, 7) is 3.59. The molecule has 1 aliphatic rings. The van der Waals surface area contributed by atoms with Crippen molar-refractivity contribution in [3.8, 4) is 0 Å². The number of aryl methyl sites for hydroxylation is 2. The Morgan fingerprint density at radius 3 is 2.88 bits per heavy atom. The minimum atomic E-state index is -0.576. The summed E-state index contributed by atoms with van der Waals surface area (Å²) in [6, 6.07) is -0.225. The van der Waals surface area contributed by atoms with Crippen LogP contribution >= 0.6 is 0 Å². The fourth-order valence-corrected chi connectivity index (χ4v) is 3.27. The van der Waals surface area contributed by atoms with Gasteiger partial charge in [0.15, 0.2) is 0 Å². The Balaban J connectivity index is 1.78. The second kappa shape index (κ2) is 7.96. The zero-order chi connectivity index (χ0) is 18.7. The van der Waals surface area contributed by atoms with Gasteiger partial charge in [-0.1, -0.05) is 25.0 Å². The normalized spacial score (nSPS) is 22.8. The minimum absolute atomic E-state index is 0.191. The Morgan fingerprint density at radius 1 is 1.35 bits per heavy atom. The largest absolute Gasteiger partial charge is 0.394 e. The second-order valence-corrected chi connectivity index (χ2v) is 6.74. The van der Waals surface area contributed by atoms with Crippen molar-refractivity contribution in [3.63, 3.8) is 0 Å². The zero-order valence-corrected chi connectivity index (χ0v) is 15.1. The third-order valence-corrected chi connectivity index (χ3v) is 4.77. The van der Waals surface area contributed by atoms with Crippen LogP contribution in [-0.2, 0) is 11.2 Å². The van der Waals surface area contributed by atoms with Crippen molar-refractivity contribution >= 4 is 0 Å². The Labute approximate surface area is 150 Å². The third-order valence-electron chi connectivity index (χ3n) is 4.77. The summed E-state index contributed by atoms with van der Waals surface area (Å²) < 4.78 is 8.92. The minimum Gasteiger partial charge on any atom is -0.394 e. The number of nitrogens with zero attached hydrogens (tertiary/aromatic N) is 4. The van der Waals surface area contributed by atoms with Crippen LogP contribution in [0, 0.1) is 6.92 Å². The van der Waals surface area contributed by atoms with Gasteiger partial charge < -0.3 is 9.84 Å². The molecule has 1 saturated heterocycles. The summed E-state index contributed by atoms with van der Waals surface area (Å²) in [5, 5.41) is 18.1. The van der Waals surface area contributed by atoms with Gasteiger partial charge in [0, 0.05) is 24.4 Å². The molecule has 2 aromatic heterocycles. The molecule has 0 aromatic carbocycles. The number of unbranched alkanes of at least 4 members (excludes halogenated alkanes) is 2. The van der Waals surface area contributed by atoms with Crippen molar-refractivity contribution in [1.82, 2.24) is 24.5 Å². The summed E-state index contributed by atoms with van der Waals surface area (Å²) in [4.78, 5) is 25.9. The SMILES string of the molecule is CCCCCc1cn(C2C[C@H](n3cc(C)c(=O)[nH]c3=O)O[C@@H]2CO)nn1. The topological polar surface area (TPSA) is 115 Å². The van der Waals surface area contributed by atoms with E-state index in [4.69, 9.17) is 4.74 Å². The highest BCUT2D eigenvalue weighted by Gasteiger charge is 2.38. The van der Waals surface area contributed by atoms with Gasteiger partial charge in [-0.05, 0) is 19.8 Å². The molecular weight excluding hydrogens is 338 g/mol. The van der Waals surface area contributed by atoms with Gasteiger partial charge >= 0.3 is 5.69 Å². The smallest absolute Gasteiger partial charge is 0.330 e. The predicted octanol–water partition coefficient (Wildman–Crippen LogP) is 0.690. The number of aliphatic hydroxyl groups is 1. The van der Waals surface area contributed by atoms with E-state index >= 15 is 0 Å². The molecule has 1 aliphatic heterocycles. The molecule has 2 aromatic rings. The van der Waals surface area contributed by atoms with Crippen LogP contribution in [0.25, 0.3) is 0 Å². The Morgan fingerprint density at radius 2 is 2.15 bits per heavy atom. The average Bonchev–Trinajstić information content (AvgIpc) is 3.24.